The number of benzene rings is 1. The van der Waals surface area contributed by atoms with Crippen molar-refractivity contribution in [1.82, 2.24) is 5.32 Å². The van der Waals surface area contributed by atoms with Crippen LogP contribution in [0, 0.1) is 6.92 Å². The third kappa shape index (κ3) is 7.94. The molecule has 0 spiro atoms. The van der Waals surface area contributed by atoms with Gasteiger partial charge in [-0.2, -0.15) is 0 Å². The van der Waals surface area contributed by atoms with Crippen molar-refractivity contribution in [3.63, 3.8) is 0 Å². The van der Waals surface area contributed by atoms with E-state index in [2.05, 4.69) is 11.9 Å². The third-order valence-corrected chi connectivity index (χ3v) is 2.73. The van der Waals surface area contributed by atoms with E-state index < -0.39 is 6.10 Å². The minimum absolute atomic E-state index is 0.285. The summed E-state index contributed by atoms with van der Waals surface area (Å²) >= 11 is 0. The van der Waals surface area contributed by atoms with Crippen LogP contribution in [0.2, 0.25) is 0 Å². The molecule has 1 aromatic rings. The molecule has 1 aromatic carbocycles. The van der Waals surface area contributed by atoms with E-state index in [1.807, 2.05) is 37.3 Å². The fourth-order valence-electron chi connectivity index (χ4n) is 1.57. The molecule has 0 heterocycles. The number of ether oxygens (including phenoxy) is 2. The summed E-state index contributed by atoms with van der Waals surface area (Å²) in [5.41, 5.74) is 1.19. The molecular formula is C16H25NO3. The second-order valence-electron chi connectivity index (χ2n) is 4.67. The molecule has 20 heavy (non-hydrogen) atoms. The standard InChI is InChI=1S/C16H25NO3/c1-3-4-10-19-11-9-17-12-15(18)13-20-16-7-5-14(2)6-8-16/h3,5-8,15,17-18H,1,4,9-13H2,2H3. The second kappa shape index (κ2) is 10.4. The normalized spacial score (nSPS) is 12.1. The summed E-state index contributed by atoms with van der Waals surface area (Å²) in [4.78, 5) is 0. The first kappa shape index (κ1) is 16.7. The number of rotatable bonds is 11. The van der Waals surface area contributed by atoms with Gasteiger partial charge in [-0.1, -0.05) is 23.8 Å². The molecule has 0 saturated heterocycles. The summed E-state index contributed by atoms with van der Waals surface area (Å²) in [5, 5.41) is 12.9. The van der Waals surface area contributed by atoms with Gasteiger partial charge in [-0.25, -0.2) is 0 Å². The van der Waals surface area contributed by atoms with Gasteiger partial charge in [-0.15, -0.1) is 6.58 Å². The predicted molar refractivity (Wildman–Crippen MR) is 81.2 cm³/mol. The van der Waals surface area contributed by atoms with E-state index in [9.17, 15) is 5.11 Å². The average Bonchev–Trinajstić information content (AvgIpc) is 2.46. The first-order chi connectivity index (χ1) is 9.72. The lowest BCUT2D eigenvalue weighted by Gasteiger charge is -2.13. The van der Waals surface area contributed by atoms with Gasteiger partial charge in [0.25, 0.3) is 0 Å². The van der Waals surface area contributed by atoms with E-state index in [-0.39, 0.29) is 6.61 Å². The summed E-state index contributed by atoms with van der Waals surface area (Å²) in [5.74, 6) is 0.780. The molecule has 2 N–H and O–H groups in total. The summed E-state index contributed by atoms with van der Waals surface area (Å²) in [6.07, 6.45) is 2.18. The van der Waals surface area contributed by atoms with Crippen LogP contribution in [-0.2, 0) is 4.74 Å². The molecule has 0 bridgehead atoms. The van der Waals surface area contributed by atoms with Gasteiger partial charge < -0.3 is 19.9 Å². The number of hydrogen-bond acceptors (Lipinski definition) is 4. The van der Waals surface area contributed by atoms with E-state index in [0.717, 1.165) is 18.7 Å². The second-order valence-corrected chi connectivity index (χ2v) is 4.67. The zero-order valence-electron chi connectivity index (χ0n) is 12.2. The molecule has 1 unspecified atom stereocenters. The molecule has 112 valence electrons. The van der Waals surface area contributed by atoms with E-state index >= 15 is 0 Å². The Bertz CT molecular complexity index is 364. The Hall–Kier alpha value is -1.36. The number of aryl methyl sites for hydroxylation is 1. The molecule has 4 nitrogen and oxygen atoms in total. The number of aliphatic hydroxyl groups is 1. The van der Waals surface area contributed by atoms with Crippen LogP contribution in [-0.4, -0.2) is 44.1 Å². The van der Waals surface area contributed by atoms with Crippen molar-refractivity contribution in [2.75, 3.05) is 32.9 Å². The molecule has 0 amide bonds. The highest BCUT2D eigenvalue weighted by atomic mass is 16.5. The Morgan fingerprint density at radius 1 is 1.30 bits per heavy atom. The Balaban J connectivity index is 2.01. The molecule has 0 fully saturated rings. The van der Waals surface area contributed by atoms with Crippen molar-refractivity contribution >= 4 is 0 Å². The maximum Gasteiger partial charge on any atom is 0.119 e. The third-order valence-electron chi connectivity index (χ3n) is 2.73. The van der Waals surface area contributed by atoms with E-state index in [4.69, 9.17) is 9.47 Å². The van der Waals surface area contributed by atoms with Gasteiger partial charge in [0.05, 0.1) is 13.2 Å². The fourth-order valence-corrected chi connectivity index (χ4v) is 1.57. The Kier molecular flexibility index (Phi) is 8.71. The van der Waals surface area contributed by atoms with Crippen molar-refractivity contribution < 1.29 is 14.6 Å². The van der Waals surface area contributed by atoms with E-state index in [0.29, 0.717) is 19.8 Å². The lowest BCUT2D eigenvalue weighted by atomic mass is 10.2. The van der Waals surface area contributed by atoms with Crippen LogP contribution in [0.15, 0.2) is 36.9 Å². The van der Waals surface area contributed by atoms with Crippen LogP contribution >= 0.6 is 0 Å². The Morgan fingerprint density at radius 2 is 2.05 bits per heavy atom. The maximum atomic E-state index is 9.76. The van der Waals surface area contributed by atoms with Crippen LogP contribution in [0.4, 0.5) is 0 Å². The van der Waals surface area contributed by atoms with Gasteiger partial charge in [0.2, 0.25) is 0 Å². The highest BCUT2D eigenvalue weighted by Gasteiger charge is 2.04. The Morgan fingerprint density at radius 3 is 2.75 bits per heavy atom. The van der Waals surface area contributed by atoms with Crippen LogP contribution in [0.3, 0.4) is 0 Å². The summed E-state index contributed by atoms with van der Waals surface area (Å²) in [6, 6.07) is 7.78. The quantitative estimate of drug-likeness (QED) is 0.480. The summed E-state index contributed by atoms with van der Waals surface area (Å²) in [6.45, 7) is 8.49. The number of nitrogens with one attached hydrogen (secondary N) is 1. The molecule has 1 atom stereocenters. The molecule has 1 rings (SSSR count). The van der Waals surface area contributed by atoms with Crippen LogP contribution in [0.1, 0.15) is 12.0 Å². The minimum Gasteiger partial charge on any atom is -0.491 e. The summed E-state index contributed by atoms with van der Waals surface area (Å²) < 4.78 is 10.9. The largest absolute Gasteiger partial charge is 0.491 e. The van der Waals surface area contributed by atoms with Crippen molar-refractivity contribution in [2.24, 2.45) is 0 Å². The molecule has 0 aliphatic heterocycles. The molecule has 0 radical (unpaired) electrons. The van der Waals surface area contributed by atoms with E-state index in [1.54, 1.807) is 0 Å². The zero-order valence-corrected chi connectivity index (χ0v) is 12.2. The smallest absolute Gasteiger partial charge is 0.119 e. The van der Waals surface area contributed by atoms with Gasteiger partial charge in [-0.05, 0) is 25.5 Å². The van der Waals surface area contributed by atoms with Gasteiger partial charge in [0.1, 0.15) is 18.5 Å². The SMILES string of the molecule is C=CCCOCCNCC(O)COc1ccc(C)cc1. The lowest BCUT2D eigenvalue weighted by Crippen LogP contribution is -2.33. The Labute approximate surface area is 121 Å². The van der Waals surface area contributed by atoms with Crippen LogP contribution in [0.5, 0.6) is 5.75 Å². The van der Waals surface area contributed by atoms with Crippen LogP contribution in [0.25, 0.3) is 0 Å². The van der Waals surface area contributed by atoms with Gasteiger partial charge in [0, 0.05) is 13.1 Å². The van der Waals surface area contributed by atoms with Gasteiger partial charge in [0.15, 0.2) is 0 Å². The monoisotopic (exact) mass is 279 g/mol. The molecule has 0 saturated carbocycles. The number of aliphatic hydroxyl groups excluding tert-OH is 1. The van der Waals surface area contributed by atoms with Crippen molar-refractivity contribution in [1.29, 1.82) is 0 Å². The molecule has 0 aromatic heterocycles. The topological polar surface area (TPSA) is 50.7 Å². The van der Waals surface area contributed by atoms with Crippen molar-refractivity contribution in [3.8, 4) is 5.75 Å². The minimum atomic E-state index is -0.524. The van der Waals surface area contributed by atoms with E-state index in [1.165, 1.54) is 5.56 Å². The average molecular weight is 279 g/mol. The van der Waals surface area contributed by atoms with Crippen molar-refractivity contribution in [3.05, 3.63) is 42.5 Å². The molecule has 0 aliphatic carbocycles. The molecule has 4 heteroatoms. The highest BCUT2D eigenvalue weighted by Crippen LogP contribution is 2.11. The lowest BCUT2D eigenvalue weighted by molar-refractivity contribution is 0.0993. The molecular weight excluding hydrogens is 254 g/mol. The van der Waals surface area contributed by atoms with Gasteiger partial charge >= 0.3 is 0 Å². The van der Waals surface area contributed by atoms with Gasteiger partial charge in [-0.3, -0.25) is 0 Å². The maximum absolute atomic E-state index is 9.76. The van der Waals surface area contributed by atoms with Crippen LogP contribution < -0.4 is 10.1 Å². The highest BCUT2D eigenvalue weighted by molar-refractivity contribution is 5.26. The fraction of sp³-hybridized carbons (Fsp3) is 0.500. The first-order valence-corrected chi connectivity index (χ1v) is 6.99. The molecule has 0 aliphatic rings. The zero-order chi connectivity index (χ0) is 14.6. The first-order valence-electron chi connectivity index (χ1n) is 6.99. The predicted octanol–water partition coefficient (Wildman–Crippen LogP) is 1.92. The number of hydrogen-bond donors (Lipinski definition) is 2. The van der Waals surface area contributed by atoms with Crippen molar-refractivity contribution in [2.45, 2.75) is 19.4 Å². The summed E-state index contributed by atoms with van der Waals surface area (Å²) in [7, 11) is 0.